The molecule has 8 nitrogen and oxygen atoms in total. The molecule has 1 aromatic carbocycles. The number of hydrogen-bond acceptors (Lipinski definition) is 7. The fourth-order valence-electron chi connectivity index (χ4n) is 6.63. The Morgan fingerprint density at radius 1 is 1.06 bits per heavy atom. The van der Waals surface area contributed by atoms with E-state index in [1.54, 1.807) is 12.1 Å². The number of carbonyl (C=O) groups is 2. The van der Waals surface area contributed by atoms with Gasteiger partial charge in [-0.2, -0.15) is 0 Å². The highest BCUT2D eigenvalue weighted by atomic mass is 16.7. The summed E-state index contributed by atoms with van der Waals surface area (Å²) in [5.74, 6) is -0.540. The fraction of sp³-hybridized carbons (Fsp3) is 0.704. The monoisotopic (exact) mass is 486 g/mol. The van der Waals surface area contributed by atoms with E-state index in [2.05, 4.69) is 31.4 Å². The molecule has 0 saturated carbocycles. The Balaban J connectivity index is 1.32. The molecule has 0 aromatic heterocycles. The highest BCUT2D eigenvalue weighted by molar-refractivity contribution is 5.85. The van der Waals surface area contributed by atoms with Gasteiger partial charge in [0.2, 0.25) is 5.91 Å². The van der Waals surface area contributed by atoms with E-state index < -0.39 is 23.5 Å². The molecule has 2 N–H and O–H groups in total. The number of esters is 1. The number of piperidine rings is 1. The van der Waals surface area contributed by atoms with E-state index in [1.165, 1.54) is 7.11 Å². The average molecular weight is 487 g/mol. The van der Waals surface area contributed by atoms with E-state index in [9.17, 15) is 9.59 Å². The van der Waals surface area contributed by atoms with Crippen LogP contribution in [0.25, 0.3) is 0 Å². The van der Waals surface area contributed by atoms with Gasteiger partial charge < -0.3 is 24.3 Å². The molecule has 0 unspecified atom stereocenters. The molecule has 4 aliphatic rings. The van der Waals surface area contributed by atoms with Gasteiger partial charge in [-0.05, 0) is 36.2 Å². The molecule has 1 amide bonds. The van der Waals surface area contributed by atoms with Crippen molar-refractivity contribution < 1.29 is 28.5 Å². The zero-order valence-electron chi connectivity index (χ0n) is 21.1. The van der Waals surface area contributed by atoms with E-state index in [-0.39, 0.29) is 30.6 Å². The Labute approximate surface area is 207 Å². The molecule has 8 heteroatoms. The number of nitrogens with one attached hydrogen (secondary N) is 2. The third kappa shape index (κ3) is 4.73. The Morgan fingerprint density at radius 2 is 1.80 bits per heavy atom. The van der Waals surface area contributed by atoms with Crippen LogP contribution in [0.5, 0.6) is 0 Å². The number of fused-ring (bicyclic) bond motifs is 4. The van der Waals surface area contributed by atoms with Gasteiger partial charge in [-0.3, -0.25) is 10.1 Å². The van der Waals surface area contributed by atoms with Gasteiger partial charge in [0.25, 0.3) is 0 Å². The smallest absolute Gasteiger partial charge is 0.333 e. The normalized spacial score (nSPS) is 41.1. The Bertz CT molecular complexity index is 943. The lowest BCUT2D eigenvalue weighted by Gasteiger charge is -2.51. The summed E-state index contributed by atoms with van der Waals surface area (Å²) in [6, 6.07) is 8.23. The minimum Gasteiger partial charge on any atom is -0.467 e. The number of benzene rings is 1. The van der Waals surface area contributed by atoms with Crippen molar-refractivity contribution in [1.29, 1.82) is 0 Å². The van der Waals surface area contributed by atoms with Crippen LogP contribution in [-0.4, -0.2) is 55.4 Å². The highest BCUT2D eigenvalue weighted by Gasteiger charge is 2.61. The first kappa shape index (κ1) is 24.7. The van der Waals surface area contributed by atoms with Gasteiger partial charge in [0.05, 0.1) is 25.7 Å². The fourth-order valence-corrected chi connectivity index (χ4v) is 6.63. The van der Waals surface area contributed by atoms with E-state index in [4.69, 9.17) is 18.9 Å². The molecule has 1 spiro atoms. The maximum absolute atomic E-state index is 13.3. The molecule has 4 aliphatic heterocycles. The van der Waals surface area contributed by atoms with Gasteiger partial charge in [0, 0.05) is 19.4 Å². The molecule has 192 valence electrons. The molecule has 35 heavy (non-hydrogen) atoms. The van der Waals surface area contributed by atoms with Gasteiger partial charge in [0.1, 0.15) is 11.8 Å². The maximum atomic E-state index is 13.3. The second-order valence-electron chi connectivity index (χ2n) is 11.2. The molecule has 0 radical (unpaired) electrons. The van der Waals surface area contributed by atoms with Crippen molar-refractivity contribution in [3.63, 3.8) is 0 Å². The van der Waals surface area contributed by atoms with Gasteiger partial charge in [-0.1, -0.05) is 51.1 Å². The van der Waals surface area contributed by atoms with E-state index >= 15 is 0 Å². The van der Waals surface area contributed by atoms with Crippen LogP contribution in [0, 0.1) is 17.8 Å². The quantitative estimate of drug-likeness (QED) is 0.618. The van der Waals surface area contributed by atoms with Crippen molar-refractivity contribution in [2.75, 3.05) is 13.7 Å². The molecule has 5 rings (SSSR count). The van der Waals surface area contributed by atoms with Crippen LogP contribution in [0.15, 0.2) is 30.3 Å². The number of amides is 1. The second-order valence-corrected chi connectivity index (χ2v) is 11.2. The molecule has 4 fully saturated rings. The number of hydrogen-bond donors (Lipinski definition) is 2. The zero-order chi connectivity index (χ0) is 24.8. The van der Waals surface area contributed by atoms with E-state index in [1.807, 2.05) is 18.2 Å². The standard InChI is InChI=1S/C27H38N2O6/c1-16-11-20-24-21(13-27(35-24)18(3)10-17(2)15-28-27)34-26(12-16,33-20)14-22(30)29-23(25(31)32-4)19-8-6-5-7-9-19/h5-9,16-18,20-21,23-24,28H,10-15H2,1-4H3,(H,29,30)/t16-,17+,18-,20-,21+,23+,24+,26-,27-/m0/s1. The molecular weight excluding hydrogens is 448 g/mol. The predicted molar refractivity (Wildman–Crippen MR) is 128 cm³/mol. The Hall–Kier alpha value is -2.00. The summed E-state index contributed by atoms with van der Waals surface area (Å²) in [7, 11) is 1.32. The van der Waals surface area contributed by atoms with Crippen LogP contribution in [0.3, 0.4) is 0 Å². The van der Waals surface area contributed by atoms with Crippen molar-refractivity contribution >= 4 is 11.9 Å². The molecule has 1 aromatic rings. The second kappa shape index (κ2) is 9.47. The van der Waals surface area contributed by atoms with Crippen molar-refractivity contribution in [2.45, 2.75) is 88.7 Å². The minimum atomic E-state index is -1.02. The molecule has 4 heterocycles. The van der Waals surface area contributed by atoms with Crippen molar-refractivity contribution in [3.05, 3.63) is 35.9 Å². The first-order chi connectivity index (χ1) is 16.7. The number of methoxy groups -OCH3 is 1. The SMILES string of the molecule is COC(=O)[C@H](NC(=O)C[C@@]12C[C@@H](C)C[C@H](O1)[C@H]1O[C@]3(C[C@H]1O2)NC[C@H](C)C[C@@H]3C)c1ccccc1. The van der Waals surface area contributed by atoms with Crippen molar-refractivity contribution in [1.82, 2.24) is 10.6 Å². The Kier molecular flexibility index (Phi) is 6.68. The zero-order valence-corrected chi connectivity index (χ0v) is 21.1. The number of carbonyl (C=O) groups excluding carboxylic acids is 2. The van der Waals surface area contributed by atoms with Crippen molar-refractivity contribution in [2.24, 2.45) is 17.8 Å². The topological polar surface area (TPSA) is 95.1 Å². The third-order valence-corrected chi connectivity index (χ3v) is 8.22. The lowest BCUT2D eigenvalue weighted by molar-refractivity contribution is -0.363. The van der Waals surface area contributed by atoms with Gasteiger partial charge >= 0.3 is 5.97 Å². The summed E-state index contributed by atoms with van der Waals surface area (Å²) in [4.78, 5) is 25.7. The summed E-state index contributed by atoms with van der Waals surface area (Å²) >= 11 is 0. The van der Waals surface area contributed by atoms with Crippen LogP contribution in [0.1, 0.15) is 64.5 Å². The van der Waals surface area contributed by atoms with E-state index in [0.29, 0.717) is 29.7 Å². The first-order valence-electron chi connectivity index (χ1n) is 12.9. The van der Waals surface area contributed by atoms with Gasteiger partial charge in [-0.25, -0.2) is 4.79 Å². The summed E-state index contributed by atoms with van der Waals surface area (Å²) in [6.07, 6.45) is 2.97. The molecule has 0 aliphatic carbocycles. The van der Waals surface area contributed by atoms with Crippen LogP contribution in [0.4, 0.5) is 0 Å². The summed E-state index contributed by atoms with van der Waals surface area (Å²) in [5.41, 5.74) is 0.266. The van der Waals surface area contributed by atoms with Crippen LogP contribution >= 0.6 is 0 Å². The van der Waals surface area contributed by atoms with Gasteiger partial charge in [0.15, 0.2) is 11.8 Å². The van der Waals surface area contributed by atoms with Crippen LogP contribution < -0.4 is 10.6 Å². The third-order valence-electron chi connectivity index (χ3n) is 8.22. The lowest BCUT2D eigenvalue weighted by Crippen LogP contribution is -2.60. The van der Waals surface area contributed by atoms with Crippen LogP contribution in [0.2, 0.25) is 0 Å². The molecular formula is C27H38N2O6. The summed E-state index contributed by atoms with van der Waals surface area (Å²) in [5, 5.41) is 6.53. The first-order valence-corrected chi connectivity index (χ1v) is 12.9. The number of ether oxygens (including phenoxy) is 4. The average Bonchev–Trinajstić information content (AvgIpc) is 3.19. The summed E-state index contributed by atoms with van der Waals surface area (Å²) < 4.78 is 24.7. The molecule has 2 bridgehead atoms. The largest absolute Gasteiger partial charge is 0.467 e. The van der Waals surface area contributed by atoms with Gasteiger partial charge in [-0.15, -0.1) is 0 Å². The van der Waals surface area contributed by atoms with E-state index in [0.717, 1.165) is 25.8 Å². The summed E-state index contributed by atoms with van der Waals surface area (Å²) in [6.45, 7) is 7.60. The lowest BCUT2D eigenvalue weighted by atomic mass is 9.80. The molecule has 9 atom stereocenters. The minimum absolute atomic E-state index is 0.0183. The van der Waals surface area contributed by atoms with Crippen LogP contribution in [-0.2, 0) is 28.5 Å². The highest BCUT2D eigenvalue weighted by Crippen LogP contribution is 2.51. The maximum Gasteiger partial charge on any atom is 0.333 e. The molecule has 4 saturated heterocycles. The van der Waals surface area contributed by atoms with Crippen molar-refractivity contribution in [3.8, 4) is 0 Å². The Morgan fingerprint density at radius 3 is 2.51 bits per heavy atom. The number of rotatable bonds is 5. The predicted octanol–water partition coefficient (Wildman–Crippen LogP) is 3.07.